The standard InChI is InChI=1S/C15H17N3O/c1-11-14(19)18(10-15(5-6-15)9-17-11)13-4-2-3-12(7-13)8-16/h2-4,7,11,17H,5-6,9-10H2,1H3. The highest BCUT2D eigenvalue weighted by atomic mass is 16.2. The largest absolute Gasteiger partial charge is 0.310 e. The molecule has 3 rings (SSSR count). The van der Waals surface area contributed by atoms with Crippen molar-refractivity contribution in [3.05, 3.63) is 29.8 Å². The monoisotopic (exact) mass is 255 g/mol. The van der Waals surface area contributed by atoms with Gasteiger partial charge in [0.05, 0.1) is 17.7 Å². The van der Waals surface area contributed by atoms with Crippen LogP contribution in [0.3, 0.4) is 0 Å². The number of benzene rings is 1. The molecule has 1 saturated heterocycles. The van der Waals surface area contributed by atoms with Crippen molar-refractivity contribution >= 4 is 11.6 Å². The molecule has 19 heavy (non-hydrogen) atoms. The molecule has 1 saturated carbocycles. The quantitative estimate of drug-likeness (QED) is 0.830. The van der Waals surface area contributed by atoms with Crippen LogP contribution in [0.2, 0.25) is 0 Å². The molecule has 1 N–H and O–H groups in total. The fourth-order valence-corrected chi connectivity index (χ4v) is 2.63. The molecule has 2 aliphatic rings. The molecule has 1 amide bonds. The average molecular weight is 255 g/mol. The number of carbonyl (C=O) groups excluding carboxylic acids is 1. The van der Waals surface area contributed by atoms with Crippen molar-refractivity contribution < 1.29 is 4.79 Å². The Labute approximate surface area is 113 Å². The van der Waals surface area contributed by atoms with Gasteiger partial charge in [-0.2, -0.15) is 5.26 Å². The van der Waals surface area contributed by atoms with E-state index in [1.54, 1.807) is 12.1 Å². The molecule has 1 aromatic carbocycles. The Morgan fingerprint density at radius 1 is 1.47 bits per heavy atom. The number of nitriles is 1. The van der Waals surface area contributed by atoms with Crippen LogP contribution in [-0.2, 0) is 4.79 Å². The van der Waals surface area contributed by atoms with Crippen molar-refractivity contribution in [1.82, 2.24) is 5.32 Å². The first-order chi connectivity index (χ1) is 9.13. The van der Waals surface area contributed by atoms with E-state index in [2.05, 4.69) is 11.4 Å². The predicted octanol–water partition coefficient (Wildman–Crippen LogP) is 1.66. The SMILES string of the molecule is CC1NCC2(CC2)CN(c2cccc(C#N)c2)C1=O. The van der Waals surface area contributed by atoms with E-state index in [1.807, 2.05) is 24.0 Å². The number of amides is 1. The van der Waals surface area contributed by atoms with Gasteiger partial charge in [-0.15, -0.1) is 0 Å². The lowest BCUT2D eigenvalue weighted by Crippen LogP contribution is -2.41. The van der Waals surface area contributed by atoms with E-state index >= 15 is 0 Å². The fraction of sp³-hybridized carbons (Fsp3) is 0.467. The third kappa shape index (κ3) is 2.22. The van der Waals surface area contributed by atoms with Crippen molar-refractivity contribution in [1.29, 1.82) is 5.26 Å². The predicted molar refractivity (Wildman–Crippen MR) is 72.6 cm³/mol. The van der Waals surface area contributed by atoms with Gasteiger partial charge in [-0.3, -0.25) is 4.79 Å². The van der Waals surface area contributed by atoms with Crippen molar-refractivity contribution in [2.75, 3.05) is 18.0 Å². The minimum atomic E-state index is -0.161. The Morgan fingerprint density at radius 3 is 2.95 bits per heavy atom. The Balaban J connectivity index is 1.95. The number of hydrogen-bond acceptors (Lipinski definition) is 3. The van der Waals surface area contributed by atoms with E-state index in [9.17, 15) is 4.79 Å². The molecule has 0 bridgehead atoms. The zero-order valence-corrected chi connectivity index (χ0v) is 11.0. The number of rotatable bonds is 1. The lowest BCUT2D eigenvalue weighted by molar-refractivity contribution is -0.119. The van der Waals surface area contributed by atoms with E-state index in [-0.39, 0.29) is 17.4 Å². The minimum Gasteiger partial charge on any atom is -0.310 e. The van der Waals surface area contributed by atoms with E-state index in [1.165, 1.54) is 12.8 Å². The maximum Gasteiger partial charge on any atom is 0.243 e. The second-order valence-corrected chi connectivity index (χ2v) is 5.69. The molecule has 1 aromatic rings. The van der Waals surface area contributed by atoms with Gasteiger partial charge in [0, 0.05) is 24.2 Å². The van der Waals surface area contributed by atoms with Crippen LogP contribution in [0.5, 0.6) is 0 Å². The second kappa shape index (κ2) is 4.36. The van der Waals surface area contributed by atoms with Crippen LogP contribution in [-0.4, -0.2) is 25.0 Å². The Kier molecular flexibility index (Phi) is 2.79. The highest BCUT2D eigenvalue weighted by Crippen LogP contribution is 2.47. The first kappa shape index (κ1) is 12.2. The number of nitrogens with zero attached hydrogens (tertiary/aromatic N) is 2. The summed E-state index contributed by atoms with van der Waals surface area (Å²) in [6, 6.07) is 9.28. The van der Waals surface area contributed by atoms with Crippen LogP contribution >= 0.6 is 0 Å². The first-order valence-electron chi connectivity index (χ1n) is 6.69. The van der Waals surface area contributed by atoms with E-state index in [0.717, 1.165) is 18.8 Å². The van der Waals surface area contributed by atoms with Gasteiger partial charge in [0.1, 0.15) is 0 Å². The maximum absolute atomic E-state index is 12.4. The molecule has 4 nitrogen and oxygen atoms in total. The summed E-state index contributed by atoms with van der Waals surface area (Å²) in [5.41, 5.74) is 1.69. The van der Waals surface area contributed by atoms with Gasteiger partial charge in [0.25, 0.3) is 0 Å². The maximum atomic E-state index is 12.4. The lowest BCUT2D eigenvalue weighted by atomic mass is 10.1. The molecule has 1 aliphatic heterocycles. The van der Waals surface area contributed by atoms with Gasteiger partial charge in [-0.05, 0) is 38.0 Å². The van der Waals surface area contributed by atoms with Crippen LogP contribution in [0.4, 0.5) is 5.69 Å². The van der Waals surface area contributed by atoms with Gasteiger partial charge in [0.2, 0.25) is 5.91 Å². The van der Waals surface area contributed by atoms with Crippen LogP contribution in [0.25, 0.3) is 0 Å². The average Bonchev–Trinajstić information content (AvgIpc) is 3.22. The van der Waals surface area contributed by atoms with Crippen LogP contribution in [0.1, 0.15) is 25.3 Å². The third-order valence-electron chi connectivity index (χ3n) is 4.16. The fourth-order valence-electron chi connectivity index (χ4n) is 2.63. The van der Waals surface area contributed by atoms with Gasteiger partial charge >= 0.3 is 0 Å². The number of nitrogens with one attached hydrogen (secondary N) is 1. The van der Waals surface area contributed by atoms with Crippen molar-refractivity contribution in [2.24, 2.45) is 5.41 Å². The van der Waals surface area contributed by atoms with Crippen molar-refractivity contribution in [2.45, 2.75) is 25.8 Å². The number of anilines is 1. The molecule has 1 aliphatic carbocycles. The zero-order chi connectivity index (χ0) is 13.5. The third-order valence-corrected chi connectivity index (χ3v) is 4.16. The highest BCUT2D eigenvalue weighted by molar-refractivity contribution is 5.97. The molecule has 0 radical (unpaired) electrons. The Bertz CT molecular complexity index is 557. The van der Waals surface area contributed by atoms with Crippen LogP contribution in [0.15, 0.2) is 24.3 Å². The summed E-state index contributed by atoms with van der Waals surface area (Å²) >= 11 is 0. The summed E-state index contributed by atoms with van der Waals surface area (Å²) in [5, 5.41) is 12.3. The second-order valence-electron chi connectivity index (χ2n) is 5.69. The molecule has 4 heteroatoms. The van der Waals surface area contributed by atoms with Crippen LogP contribution in [0, 0.1) is 16.7 Å². The van der Waals surface area contributed by atoms with Gasteiger partial charge < -0.3 is 10.2 Å². The summed E-state index contributed by atoms with van der Waals surface area (Å²) in [4.78, 5) is 14.3. The van der Waals surface area contributed by atoms with E-state index in [4.69, 9.17) is 5.26 Å². The molecule has 1 heterocycles. The Morgan fingerprint density at radius 2 is 2.26 bits per heavy atom. The number of carbonyl (C=O) groups is 1. The van der Waals surface area contributed by atoms with Gasteiger partial charge in [0.15, 0.2) is 0 Å². The van der Waals surface area contributed by atoms with E-state index in [0.29, 0.717) is 5.56 Å². The molecule has 2 fully saturated rings. The first-order valence-corrected chi connectivity index (χ1v) is 6.69. The lowest BCUT2D eigenvalue weighted by Gasteiger charge is -2.25. The summed E-state index contributed by atoms with van der Waals surface area (Å²) in [5.74, 6) is 0.0962. The summed E-state index contributed by atoms with van der Waals surface area (Å²) < 4.78 is 0. The molecule has 98 valence electrons. The van der Waals surface area contributed by atoms with Gasteiger partial charge in [-0.25, -0.2) is 0 Å². The highest BCUT2D eigenvalue weighted by Gasteiger charge is 2.47. The molecular formula is C15H17N3O. The number of hydrogen-bond donors (Lipinski definition) is 1. The Hall–Kier alpha value is -1.86. The topological polar surface area (TPSA) is 56.1 Å². The molecular weight excluding hydrogens is 238 g/mol. The van der Waals surface area contributed by atoms with Gasteiger partial charge in [-0.1, -0.05) is 6.07 Å². The molecule has 1 unspecified atom stereocenters. The van der Waals surface area contributed by atoms with Crippen LogP contribution < -0.4 is 10.2 Å². The minimum absolute atomic E-state index is 0.0962. The molecule has 0 aromatic heterocycles. The summed E-state index contributed by atoms with van der Waals surface area (Å²) in [6.07, 6.45) is 2.35. The molecule has 1 atom stereocenters. The normalized spacial score (nSPS) is 24.9. The van der Waals surface area contributed by atoms with Crippen molar-refractivity contribution in [3.63, 3.8) is 0 Å². The summed E-state index contributed by atoms with van der Waals surface area (Å²) in [7, 11) is 0. The van der Waals surface area contributed by atoms with Crippen molar-refractivity contribution in [3.8, 4) is 6.07 Å². The summed E-state index contributed by atoms with van der Waals surface area (Å²) in [6.45, 7) is 3.58. The zero-order valence-electron chi connectivity index (χ0n) is 11.0. The smallest absolute Gasteiger partial charge is 0.243 e. The van der Waals surface area contributed by atoms with E-state index < -0.39 is 0 Å². The molecule has 1 spiro atoms.